The lowest BCUT2D eigenvalue weighted by Gasteiger charge is -2.12. The van der Waals surface area contributed by atoms with Crippen molar-refractivity contribution in [1.29, 1.82) is 0 Å². The van der Waals surface area contributed by atoms with Gasteiger partial charge in [-0.15, -0.1) is 0 Å². The van der Waals surface area contributed by atoms with Gasteiger partial charge < -0.3 is 19.9 Å². The van der Waals surface area contributed by atoms with Crippen molar-refractivity contribution in [2.45, 2.75) is 12.4 Å². The van der Waals surface area contributed by atoms with Crippen LogP contribution in [0.1, 0.15) is 11.9 Å². The second kappa shape index (κ2) is 6.05. The molecule has 0 saturated carbocycles. The third-order valence-corrected chi connectivity index (χ3v) is 3.12. The third kappa shape index (κ3) is 2.99. The van der Waals surface area contributed by atoms with Gasteiger partial charge in [-0.2, -0.15) is 0 Å². The van der Waals surface area contributed by atoms with E-state index in [2.05, 4.69) is 0 Å². The van der Waals surface area contributed by atoms with Gasteiger partial charge in [-0.3, -0.25) is 0 Å². The zero-order valence-corrected chi connectivity index (χ0v) is 11.1. The summed E-state index contributed by atoms with van der Waals surface area (Å²) in [6, 6.07) is 17.4. The van der Waals surface area contributed by atoms with Gasteiger partial charge in [0.25, 0.3) is 0 Å². The van der Waals surface area contributed by atoms with Gasteiger partial charge in [0, 0.05) is 12.1 Å². The zero-order valence-electron chi connectivity index (χ0n) is 11.1. The molecule has 0 spiro atoms. The lowest BCUT2D eigenvalue weighted by atomic mass is 10.2. The standard InChI is InChI=1S/C16H17NO3/c17-10-15-11-18-16(20-15)12-5-4-8-14(9-12)19-13-6-2-1-3-7-13/h1-9,15-16H,10-11,17H2. The molecule has 0 bridgehead atoms. The van der Waals surface area contributed by atoms with Gasteiger partial charge in [0.15, 0.2) is 6.29 Å². The highest BCUT2D eigenvalue weighted by Crippen LogP contribution is 2.30. The molecule has 1 aliphatic heterocycles. The number of para-hydroxylation sites is 1. The summed E-state index contributed by atoms with van der Waals surface area (Å²) in [6.45, 7) is 1.00. The van der Waals surface area contributed by atoms with E-state index in [-0.39, 0.29) is 12.4 Å². The average molecular weight is 271 g/mol. The van der Waals surface area contributed by atoms with Crippen molar-refractivity contribution in [3.05, 3.63) is 60.2 Å². The number of hydrogen-bond acceptors (Lipinski definition) is 4. The normalized spacial score (nSPS) is 21.9. The van der Waals surface area contributed by atoms with Crippen LogP contribution in [0.4, 0.5) is 0 Å². The highest BCUT2D eigenvalue weighted by molar-refractivity contribution is 5.34. The molecule has 2 atom stereocenters. The van der Waals surface area contributed by atoms with Crippen molar-refractivity contribution in [2.75, 3.05) is 13.2 Å². The third-order valence-electron chi connectivity index (χ3n) is 3.12. The van der Waals surface area contributed by atoms with Crippen LogP contribution in [0.5, 0.6) is 11.5 Å². The number of ether oxygens (including phenoxy) is 3. The Morgan fingerprint density at radius 3 is 2.60 bits per heavy atom. The number of benzene rings is 2. The monoisotopic (exact) mass is 271 g/mol. The summed E-state index contributed by atoms with van der Waals surface area (Å²) in [5.74, 6) is 1.56. The van der Waals surface area contributed by atoms with Crippen LogP contribution in [0.25, 0.3) is 0 Å². The second-order valence-corrected chi connectivity index (χ2v) is 4.65. The number of hydrogen-bond donors (Lipinski definition) is 1. The highest BCUT2D eigenvalue weighted by atomic mass is 16.7. The molecule has 1 heterocycles. The number of nitrogens with two attached hydrogens (primary N) is 1. The fraction of sp³-hybridized carbons (Fsp3) is 0.250. The molecule has 2 aromatic rings. The first-order valence-electron chi connectivity index (χ1n) is 6.65. The van der Waals surface area contributed by atoms with Crippen LogP contribution in [0.15, 0.2) is 54.6 Å². The summed E-state index contributed by atoms with van der Waals surface area (Å²) in [6.07, 6.45) is -0.387. The van der Waals surface area contributed by atoms with Crippen molar-refractivity contribution in [3.8, 4) is 11.5 Å². The van der Waals surface area contributed by atoms with Crippen LogP contribution >= 0.6 is 0 Å². The quantitative estimate of drug-likeness (QED) is 0.929. The molecule has 20 heavy (non-hydrogen) atoms. The zero-order chi connectivity index (χ0) is 13.8. The van der Waals surface area contributed by atoms with Gasteiger partial charge in [-0.05, 0) is 24.3 Å². The molecule has 0 radical (unpaired) electrons. The summed E-state index contributed by atoms with van der Waals surface area (Å²) in [7, 11) is 0. The topological polar surface area (TPSA) is 53.7 Å². The highest BCUT2D eigenvalue weighted by Gasteiger charge is 2.26. The SMILES string of the molecule is NCC1COC(c2cccc(Oc3ccccc3)c2)O1. The minimum atomic E-state index is -0.358. The van der Waals surface area contributed by atoms with E-state index in [1.54, 1.807) is 0 Å². The molecule has 104 valence electrons. The van der Waals surface area contributed by atoms with Crippen molar-refractivity contribution < 1.29 is 14.2 Å². The Kier molecular flexibility index (Phi) is 3.97. The Hall–Kier alpha value is -1.88. The first-order valence-corrected chi connectivity index (χ1v) is 6.65. The molecular weight excluding hydrogens is 254 g/mol. The summed E-state index contributed by atoms with van der Waals surface area (Å²) in [5, 5.41) is 0. The maximum atomic E-state index is 5.80. The van der Waals surface area contributed by atoms with Crippen molar-refractivity contribution in [1.82, 2.24) is 0 Å². The van der Waals surface area contributed by atoms with Crippen molar-refractivity contribution in [3.63, 3.8) is 0 Å². The molecule has 1 fully saturated rings. The van der Waals surface area contributed by atoms with Gasteiger partial charge >= 0.3 is 0 Å². The van der Waals surface area contributed by atoms with Gasteiger partial charge in [0.2, 0.25) is 0 Å². The predicted octanol–water partition coefficient (Wildman–Crippen LogP) is 2.85. The minimum Gasteiger partial charge on any atom is -0.457 e. The van der Waals surface area contributed by atoms with Crippen LogP contribution in [-0.4, -0.2) is 19.3 Å². The molecule has 2 unspecified atom stereocenters. The van der Waals surface area contributed by atoms with Gasteiger partial charge in [-0.1, -0.05) is 30.3 Å². The number of rotatable bonds is 4. The van der Waals surface area contributed by atoms with E-state index in [0.717, 1.165) is 17.1 Å². The summed E-state index contributed by atoms with van der Waals surface area (Å²) in [4.78, 5) is 0. The largest absolute Gasteiger partial charge is 0.457 e. The fourth-order valence-corrected chi connectivity index (χ4v) is 2.10. The van der Waals surface area contributed by atoms with Crippen LogP contribution in [0.3, 0.4) is 0 Å². The molecule has 0 amide bonds. The summed E-state index contributed by atoms with van der Waals surface area (Å²) >= 11 is 0. The molecule has 3 rings (SSSR count). The van der Waals surface area contributed by atoms with Gasteiger partial charge in [0.1, 0.15) is 11.5 Å². The molecule has 4 heteroatoms. The molecule has 2 N–H and O–H groups in total. The Labute approximate surface area is 118 Å². The van der Waals surface area contributed by atoms with Crippen LogP contribution in [0.2, 0.25) is 0 Å². The van der Waals surface area contributed by atoms with E-state index in [9.17, 15) is 0 Å². The van der Waals surface area contributed by atoms with E-state index in [1.807, 2.05) is 54.6 Å². The second-order valence-electron chi connectivity index (χ2n) is 4.65. The predicted molar refractivity (Wildman–Crippen MR) is 75.6 cm³/mol. The molecule has 4 nitrogen and oxygen atoms in total. The Morgan fingerprint density at radius 1 is 1.05 bits per heavy atom. The molecule has 2 aromatic carbocycles. The lowest BCUT2D eigenvalue weighted by Crippen LogP contribution is -2.21. The van der Waals surface area contributed by atoms with Crippen LogP contribution < -0.4 is 10.5 Å². The van der Waals surface area contributed by atoms with Crippen LogP contribution in [0, 0.1) is 0 Å². The van der Waals surface area contributed by atoms with E-state index >= 15 is 0 Å². The lowest BCUT2D eigenvalue weighted by molar-refractivity contribution is -0.0586. The molecule has 0 aliphatic carbocycles. The van der Waals surface area contributed by atoms with E-state index in [0.29, 0.717) is 13.2 Å². The fourth-order valence-electron chi connectivity index (χ4n) is 2.10. The molecule has 0 aromatic heterocycles. The minimum absolute atomic E-state index is 0.0290. The average Bonchev–Trinajstić information content (AvgIpc) is 2.98. The Balaban J connectivity index is 1.73. The molecular formula is C16H17NO3. The Morgan fingerprint density at radius 2 is 1.85 bits per heavy atom. The van der Waals surface area contributed by atoms with E-state index < -0.39 is 0 Å². The van der Waals surface area contributed by atoms with E-state index in [4.69, 9.17) is 19.9 Å². The summed E-state index contributed by atoms with van der Waals surface area (Å²) < 4.78 is 17.1. The van der Waals surface area contributed by atoms with Crippen molar-refractivity contribution >= 4 is 0 Å². The smallest absolute Gasteiger partial charge is 0.184 e. The molecule has 1 saturated heterocycles. The Bertz CT molecular complexity index is 559. The maximum Gasteiger partial charge on any atom is 0.184 e. The van der Waals surface area contributed by atoms with Gasteiger partial charge in [-0.25, -0.2) is 0 Å². The van der Waals surface area contributed by atoms with Crippen LogP contribution in [-0.2, 0) is 9.47 Å². The van der Waals surface area contributed by atoms with E-state index in [1.165, 1.54) is 0 Å². The molecule has 1 aliphatic rings. The summed E-state index contributed by atoms with van der Waals surface area (Å²) in [5.41, 5.74) is 6.52. The first-order chi connectivity index (χ1) is 9.85. The first kappa shape index (κ1) is 13.1. The van der Waals surface area contributed by atoms with Gasteiger partial charge in [0.05, 0.1) is 12.7 Å². The van der Waals surface area contributed by atoms with Crippen molar-refractivity contribution in [2.24, 2.45) is 5.73 Å². The maximum absolute atomic E-state index is 5.80.